The first-order valence-corrected chi connectivity index (χ1v) is 4.99. The molecule has 0 spiro atoms. The Kier molecular flexibility index (Phi) is 3.33. The fourth-order valence-corrected chi connectivity index (χ4v) is 1.57. The summed E-state index contributed by atoms with van der Waals surface area (Å²) in [5.74, 6) is 0. The third-order valence-corrected chi connectivity index (χ3v) is 2.62. The van der Waals surface area contributed by atoms with Crippen molar-refractivity contribution in [2.75, 3.05) is 19.7 Å². The zero-order valence-electron chi connectivity index (χ0n) is 9.08. The molecule has 1 saturated heterocycles. The largest absolute Gasteiger partial charge is 0.388 e. The van der Waals surface area contributed by atoms with Crippen molar-refractivity contribution < 1.29 is 9.84 Å². The van der Waals surface area contributed by atoms with Gasteiger partial charge in [-0.1, -0.05) is 0 Å². The van der Waals surface area contributed by atoms with Gasteiger partial charge in [-0.25, -0.2) is 0 Å². The molecular formula is C10H21NO2. The van der Waals surface area contributed by atoms with E-state index in [0.29, 0.717) is 6.04 Å². The van der Waals surface area contributed by atoms with Crippen molar-refractivity contribution in [3.05, 3.63) is 0 Å². The minimum atomic E-state index is -0.729. The number of aliphatic hydroxyl groups is 1. The lowest BCUT2D eigenvalue weighted by atomic mass is 10.00. The van der Waals surface area contributed by atoms with E-state index >= 15 is 0 Å². The molecule has 13 heavy (non-hydrogen) atoms. The van der Waals surface area contributed by atoms with Crippen molar-refractivity contribution in [2.24, 2.45) is 0 Å². The van der Waals surface area contributed by atoms with Gasteiger partial charge in [0.2, 0.25) is 0 Å². The standard InChI is InChI=1S/C10H21NO2/c1-8(2)11-5-6-13-9(7-11)10(3,4)12/h8-9,12H,5-7H2,1-4H3/t9-/m0/s1. The molecule has 0 amide bonds. The number of nitrogens with zero attached hydrogens (tertiary/aromatic N) is 1. The normalized spacial score (nSPS) is 26.8. The van der Waals surface area contributed by atoms with Gasteiger partial charge in [-0.2, -0.15) is 0 Å². The van der Waals surface area contributed by atoms with E-state index < -0.39 is 5.60 Å². The molecule has 0 saturated carbocycles. The van der Waals surface area contributed by atoms with Gasteiger partial charge < -0.3 is 9.84 Å². The average molecular weight is 187 g/mol. The van der Waals surface area contributed by atoms with E-state index in [0.717, 1.165) is 19.7 Å². The van der Waals surface area contributed by atoms with Crippen LogP contribution < -0.4 is 0 Å². The first-order valence-electron chi connectivity index (χ1n) is 4.99. The van der Waals surface area contributed by atoms with E-state index in [4.69, 9.17) is 4.74 Å². The minimum absolute atomic E-state index is 0.0522. The zero-order chi connectivity index (χ0) is 10.1. The summed E-state index contributed by atoms with van der Waals surface area (Å²) in [6.07, 6.45) is -0.0522. The second kappa shape index (κ2) is 3.95. The molecule has 0 aromatic carbocycles. The predicted molar refractivity (Wildman–Crippen MR) is 52.7 cm³/mol. The Labute approximate surface area is 80.7 Å². The van der Waals surface area contributed by atoms with Gasteiger partial charge in [0.25, 0.3) is 0 Å². The average Bonchev–Trinajstić information content (AvgIpc) is 2.03. The summed E-state index contributed by atoms with van der Waals surface area (Å²) in [6, 6.07) is 0.536. The van der Waals surface area contributed by atoms with E-state index in [-0.39, 0.29) is 6.10 Å². The molecule has 1 rings (SSSR count). The van der Waals surface area contributed by atoms with Crippen LogP contribution in [0, 0.1) is 0 Å². The molecule has 0 aromatic rings. The third-order valence-electron chi connectivity index (χ3n) is 2.62. The molecule has 0 aliphatic carbocycles. The Hall–Kier alpha value is -0.120. The summed E-state index contributed by atoms with van der Waals surface area (Å²) in [5, 5.41) is 9.79. The van der Waals surface area contributed by atoms with Crippen molar-refractivity contribution in [3.8, 4) is 0 Å². The highest BCUT2D eigenvalue weighted by atomic mass is 16.5. The third kappa shape index (κ3) is 2.93. The number of ether oxygens (including phenoxy) is 1. The van der Waals surface area contributed by atoms with Crippen molar-refractivity contribution in [1.82, 2.24) is 4.90 Å². The van der Waals surface area contributed by atoms with Gasteiger partial charge in [0.15, 0.2) is 0 Å². The smallest absolute Gasteiger partial charge is 0.0983 e. The minimum Gasteiger partial charge on any atom is -0.388 e. The maximum Gasteiger partial charge on any atom is 0.0983 e. The van der Waals surface area contributed by atoms with Gasteiger partial charge >= 0.3 is 0 Å². The molecule has 0 aromatic heterocycles. The van der Waals surface area contributed by atoms with Crippen molar-refractivity contribution in [2.45, 2.75) is 45.4 Å². The SMILES string of the molecule is CC(C)N1CCO[C@H](C(C)(C)O)C1. The molecule has 78 valence electrons. The molecule has 1 aliphatic heterocycles. The van der Waals surface area contributed by atoms with Gasteiger partial charge in [0.1, 0.15) is 0 Å². The summed E-state index contributed by atoms with van der Waals surface area (Å²) >= 11 is 0. The maximum absolute atomic E-state index is 9.79. The maximum atomic E-state index is 9.79. The highest BCUT2D eigenvalue weighted by Crippen LogP contribution is 2.18. The van der Waals surface area contributed by atoms with Crippen molar-refractivity contribution in [3.63, 3.8) is 0 Å². The van der Waals surface area contributed by atoms with Crippen LogP contribution in [0.15, 0.2) is 0 Å². The molecule has 3 nitrogen and oxygen atoms in total. The van der Waals surface area contributed by atoms with Crippen molar-refractivity contribution >= 4 is 0 Å². The van der Waals surface area contributed by atoms with E-state index in [1.807, 2.05) is 13.8 Å². The van der Waals surface area contributed by atoms with Crippen LogP contribution in [0.25, 0.3) is 0 Å². The van der Waals surface area contributed by atoms with Gasteiger partial charge in [0, 0.05) is 19.1 Å². The lowest BCUT2D eigenvalue weighted by molar-refractivity contribution is -0.131. The number of hydrogen-bond acceptors (Lipinski definition) is 3. The first kappa shape index (κ1) is 11.0. The van der Waals surface area contributed by atoms with E-state index in [1.54, 1.807) is 0 Å². The van der Waals surface area contributed by atoms with Crippen LogP contribution in [0.1, 0.15) is 27.7 Å². The first-order chi connectivity index (χ1) is 5.91. The molecular weight excluding hydrogens is 166 g/mol. The summed E-state index contributed by atoms with van der Waals surface area (Å²) in [5.41, 5.74) is -0.729. The van der Waals surface area contributed by atoms with E-state index in [9.17, 15) is 5.11 Å². The molecule has 1 atom stereocenters. The van der Waals surface area contributed by atoms with Gasteiger partial charge in [-0.3, -0.25) is 4.90 Å². The molecule has 0 unspecified atom stereocenters. The Morgan fingerprint density at radius 1 is 1.46 bits per heavy atom. The van der Waals surface area contributed by atoms with E-state index in [2.05, 4.69) is 18.7 Å². The topological polar surface area (TPSA) is 32.7 Å². The Balaban J connectivity index is 2.52. The zero-order valence-corrected chi connectivity index (χ0v) is 9.08. The van der Waals surface area contributed by atoms with Gasteiger partial charge in [-0.15, -0.1) is 0 Å². The molecule has 1 heterocycles. The molecule has 0 bridgehead atoms. The van der Waals surface area contributed by atoms with E-state index in [1.165, 1.54) is 0 Å². The second-order valence-electron chi connectivity index (χ2n) is 4.60. The van der Waals surface area contributed by atoms with Crippen molar-refractivity contribution in [1.29, 1.82) is 0 Å². The van der Waals surface area contributed by atoms with Crippen LogP contribution in [-0.2, 0) is 4.74 Å². The lowest BCUT2D eigenvalue weighted by Gasteiger charge is -2.40. The molecule has 1 N–H and O–H groups in total. The highest BCUT2D eigenvalue weighted by molar-refractivity contribution is 4.85. The summed E-state index contributed by atoms with van der Waals surface area (Å²) in [7, 11) is 0. The van der Waals surface area contributed by atoms with Crippen LogP contribution >= 0.6 is 0 Å². The van der Waals surface area contributed by atoms with Crippen LogP contribution in [-0.4, -0.2) is 47.4 Å². The molecule has 3 heteroatoms. The number of rotatable bonds is 2. The summed E-state index contributed by atoms with van der Waals surface area (Å²) in [6.45, 7) is 10.5. The van der Waals surface area contributed by atoms with Crippen LogP contribution in [0.4, 0.5) is 0 Å². The fourth-order valence-electron chi connectivity index (χ4n) is 1.57. The highest BCUT2D eigenvalue weighted by Gasteiger charge is 2.32. The molecule has 1 aliphatic rings. The Morgan fingerprint density at radius 2 is 2.08 bits per heavy atom. The predicted octanol–water partition coefficient (Wildman–Crippen LogP) is 0.866. The number of morpholine rings is 1. The van der Waals surface area contributed by atoms with Crippen LogP contribution in [0.3, 0.4) is 0 Å². The Morgan fingerprint density at radius 3 is 2.54 bits per heavy atom. The second-order valence-corrected chi connectivity index (χ2v) is 4.60. The fraction of sp³-hybridized carbons (Fsp3) is 1.00. The quantitative estimate of drug-likeness (QED) is 0.696. The van der Waals surface area contributed by atoms with Crippen LogP contribution in [0.2, 0.25) is 0 Å². The summed E-state index contributed by atoms with van der Waals surface area (Å²) < 4.78 is 5.53. The Bertz CT molecular complexity index is 163. The summed E-state index contributed by atoms with van der Waals surface area (Å²) in [4.78, 5) is 2.34. The van der Waals surface area contributed by atoms with Crippen LogP contribution in [0.5, 0.6) is 0 Å². The molecule has 0 radical (unpaired) electrons. The lowest BCUT2D eigenvalue weighted by Crippen LogP contribution is -2.53. The molecule has 1 fully saturated rings. The number of hydrogen-bond donors (Lipinski definition) is 1. The van der Waals surface area contributed by atoms with Gasteiger partial charge in [-0.05, 0) is 27.7 Å². The van der Waals surface area contributed by atoms with Gasteiger partial charge in [0.05, 0.1) is 18.3 Å². The monoisotopic (exact) mass is 187 g/mol.